The van der Waals surface area contributed by atoms with Gasteiger partial charge in [0.1, 0.15) is 5.38 Å². The van der Waals surface area contributed by atoms with E-state index in [1.807, 2.05) is 28.4 Å². The van der Waals surface area contributed by atoms with E-state index in [9.17, 15) is 4.79 Å². The molecule has 0 saturated carbocycles. The molecule has 5 heteroatoms. The van der Waals surface area contributed by atoms with Crippen LogP contribution >= 0.6 is 35.1 Å². The van der Waals surface area contributed by atoms with Crippen LogP contribution < -0.4 is 4.90 Å². The molecule has 1 unspecified atom stereocenters. The van der Waals surface area contributed by atoms with E-state index in [-0.39, 0.29) is 5.91 Å². The van der Waals surface area contributed by atoms with Crippen LogP contribution in [0.2, 0.25) is 0 Å². The topological polar surface area (TPSA) is 20.3 Å². The van der Waals surface area contributed by atoms with E-state index >= 15 is 0 Å². The summed E-state index contributed by atoms with van der Waals surface area (Å²) in [5.74, 6) is 2.40. The Morgan fingerprint density at radius 1 is 1.21 bits per heavy atom. The van der Waals surface area contributed by atoms with Crippen molar-refractivity contribution in [3.05, 3.63) is 29.3 Å². The number of anilines is 1. The lowest BCUT2D eigenvalue weighted by atomic mass is 10.0. The van der Waals surface area contributed by atoms with E-state index in [2.05, 4.69) is 32.0 Å². The fourth-order valence-electron chi connectivity index (χ4n) is 3.00. The minimum Gasteiger partial charge on any atom is -0.309 e. The SMILES string of the molecule is CCc1cccc(CC)c1N(CC1SCCCCS1)C(=O)C(C)Cl. The van der Waals surface area contributed by atoms with Crippen molar-refractivity contribution in [2.45, 2.75) is 56.4 Å². The number of halogens is 1. The summed E-state index contributed by atoms with van der Waals surface area (Å²) in [4.78, 5) is 14.9. The number of rotatable bonds is 6. The van der Waals surface area contributed by atoms with Crippen LogP contribution in [0.15, 0.2) is 18.2 Å². The van der Waals surface area contributed by atoms with Crippen LogP contribution in [-0.2, 0) is 17.6 Å². The first-order chi connectivity index (χ1) is 11.6. The summed E-state index contributed by atoms with van der Waals surface area (Å²) in [5.41, 5.74) is 3.58. The zero-order valence-corrected chi connectivity index (χ0v) is 17.3. The molecule has 1 aromatic rings. The van der Waals surface area contributed by atoms with Gasteiger partial charge in [0.25, 0.3) is 0 Å². The second-order valence-corrected chi connectivity index (χ2v) is 9.65. The summed E-state index contributed by atoms with van der Waals surface area (Å²) in [6.45, 7) is 6.83. The van der Waals surface area contributed by atoms with Gasteiger partial charge in [0.2, 0.25) is 5.91 Å². The standard InChI is InChI=1S/C19H28ClNOS2/c1-4-15-9-8-10-16(5-2)18(15)21(19(22)14(3)20)13-17-23-11-6-7-12-24-17/h8-10,14,17H,4-7,11-13H2,1-3H3. The molecular formula is C19H28ClNOS2. The molecule has 1 amide bonds. The van der Waals surface area contributed by atoms with Gasteiger partial charge >= 0.3 is 0 Å². The summed E-state index contributed by atoms with van der Waals surface area (Å²) in [6, 6.07) is 6.38. The number of hydrogen-bond acceptors (Lipinski definition) is 3. The van der Waals surface area contributed by atoms with Crippen molar-refractivity contribution in [2.24, 2.45) is 0 Å². The third-order valence-electron chi connectivity index (χ3n) is 4.32. The second kappa shape index (κ2) is 9.98. The minimum atomic E-state index is -0.500. The van der Waals surface area contributed by atoms with E-state index in [0.29, 0.717) is 4.58 Å². The molecule has 24 heavy (non-hydrogen) atoms. The molecule has 0 spiro atoms. The lowest BCUT2D eigenvalue weighted by molar-refractivity contribution is -0.118. The zero-order chi connectivity index (χ0) is 17.5. The fourth-order valence-corrected chi connectivity index (χ4v) is 5.86. The van der Waals surface area contributed by atoms with Crippen LogP contribution in [-0.4, -0.2) is 33.9 Å². The van der Waals surface area contributed by atoms with Crippen LogP contribution in [0.3, 0.4) is 0 Å². The Labute approximate surface area is 160 Å². The molecular weight excluding hydrogens is 358 g/mol. The lowest BCUT2D eigenvalue weighted by Gasteiger charge is -2.31. The highest BCUT2D eigenvalue weighted by Gasteiger charge is 2.27. The number of para-hydroxylation sites is 1. The van der Waals surface area contributed by atoms with Gasteiger partial charge in [-0.15, -0.1) is 35.1 Å². The van der Waals surface area contributed by atoms with E-state index in [1.54, 1.807) is 6.92 Å². The molecule has 0 N–H and O–H groups in total. The van der Waals surface area contributed by atoms with E-state index in [4.69, 9.17) is 11.6 Å². The van der Waals surface area contributed by atoms with E-state index in [0.717, 1.165) is 25.1 Å². The normalized spacial score (nSPS) is 17.3. The quantitative estimate of drug-likeness (QED) is 0.615. The van der Waals surface area contributed by atoms with Crippen LogP contribution in [0, 0.1) is 0 Å². The highest BCUT2D eigenvalue weighted by molar-refractivity contribution is 8.17. The monoisotopic (exact) mass is 385 g/mol. The maximum absolute atomic E-state index is 12.9. The molecule has 0 aliphatic carbocycles. The van der Waals surface area contributed by atoms with Crippen molar-refractivity contribution in [2.75, 3.05) is 23.0 Å². The maximum Gasteiger partial charge on any atom is 0.244 e. The third-order valence-corrected chi connectivity index (χ3v) is 7.41. The predicted octanol–water partition coefficient (Wildman–Crippen LogP) is 5.36. The van der Waals surface area contributed by atoms with Crippen LogP contribution in [0.4, 0.5) is 5.69 Å². The predicted molar refractivity (Wildman–Crippen MR) is 111 cm³/mol. The molecule has 1 aromatic carbocycles. The molecule has 2 nitrogen and oxygen atoms in total. The first kappa shape index (κ1) is 20.0. The number of nitrogens with zero attached hydrogens (tertiary/aromatic N) is 1. The number of hydrogen-bond donors (Lipinski definition) is 0. The molecule has 0 bridgehead atoms. The second-order valence-electron chi connectivity index (χ2n) is 6.08. The van der Waals surface area contributed by atoms with Crippen molar-refractivity contribution in [3.8, 4) is 0 Å². The number of carbonyl (C=O) groups excluding carboxylic acids is 1. The van der Waals surface area contributed by atoms with Crippen LogP contribution in [0.5, 0.6) is 0 Å². The zero-order valence-electron chi connectivity index (χ0n) is 14.9. The molecule has 1 fully saturated rings. The van der Waals surface area contributed by atoms with Crippen LogP contribution in [0.25, 0.3) is 0 Å². The minimum absolute atomic E-state index is 0.0257. The summed E-state index contributed by atoms with van der Waals surface area (Å²) in [7, 11) is 0. The first-order valence-electron chi connectivity index (χ1n) is 8.87. The number of aryl methyl sites for hydroxylation is 2. The van der Waals surface area contributed by atoms with Crippen molar-refractivity contribution >= 4 is 46.7 Å². The summed E-state index contributed by atoms with van der Waals surface area (Å²) in [5, 5.41) is -0.500. The molecule has 1 aliphatic heterocycles. The molecule has 1 saturated heterocycles. The van der Waals surface area contributed by atoms with Crippen molar-refractivity contribution in [1.82, 2.24) is 0 Å². The molecule has 0 radical (unpaired) electrons. The maximum atomic E-state index is 12.9. The van der Waals surface area contributed by atoms with E-state index in [1.165, 1.54) is 35.5 Å². The van der Waals surface area contributed by atoms with Gasteiger partial charge in [-0.1, -0.05) is 32.0 Å². The van der Waals surface area contributed by atoms with Gasteiger partial charge in [-0.25, -0.2) is 0 Å². The number of alkyl halides is 1. The fraction of sp³-hybridized carbons (Fsp3) is 0.632. The van der Waals surface area contributed by atoms with Gasteiger partial charge in [0.15, 0.2) is 0 Å². The van der Waals surface area contributed by atoms with Crippen molar-refractivity contribution in [3.63, 3.8) is 0 Å². The van der Waals surface area contributed by atoms with Crippen molar-refractivity contribution < 1.29 is 4.79 Å². The average molecular weight is 386 g/mol. The lowest BCUT2D eigenvalue weighted by Crippen LogP contribution is -2.40. The summed E-state index contributed by atoms with van der Waals surface area (Å²) >= 11 is 10.2. The average Bonchev–Trinajstić information content (AvgIpc) is 2.87. The highest BCUT2D eigenvalue weighted by Crippen LogP contribution is 2.34. The highest BCUT2D eigenvalue weighted by atomic mass is 35.5. The molecule has 2 rings (SSSR count). The van der Waals surface area contributed by atoms with Gasteiger partial charge in [-0.3, -0.25) is 4.79 Å². The van der Waals surface area contributed by atoms with Gasteiger partial charge in [-0.05, 0) is 55.2 Å². The summed E-state index contributed by atoms with van der Waals surface area (Å²) < 4.78 is 0.432. The van der Waals surface area contributed by atoms with E-state index < -0.39 is 5.38 Å². The molecule has 1 heterocycles. The first-order valence-corrected chi connectivity index (χ1v) is 11.4. The Hall–Kier alpha value is -0.320. The number of thioether (sulfide) groups is 2. The smallest absolute Gasteiger partial charge is 0.244 e. The van der Waals surface area contributed by atoms with Gasteiger partial charge in [-0.2, -0.15) is 0 Å². The Morgan fingerprint density at radius 2 is 1.75 bits per heavy atom. The van der Waals surface area contributed by atoms with Crippen molar-refractivity contribution in [1.29, 1.82) is 0 Å². The van der Waals surface area contributed by atoms with Gasteiger partial charge in [0.05, 0.1) is 10.3 Å². The van der Waals surface area contributed by atoms with Gasteiger partial charge < -0.3 is 4.90 Å². The number of amides is 1. The summed E-state index contributed by atoms with van der Waals surface area (Å²) in [6.07, 6.45) is 4.41. The third kappa shape index (κ3) is 5.09. The Balaban J connectivity index is 2.37. The Kier molecular flexibility index (Phi) is 8.32. The largest absolute Gasteiger partial charge is 0.309 e. The number of carbonyl (C=O) groups is 1. The molecule has 1 aliphatic rings. The molecule has 134 valence electrons. The van der Waals surface area contributed by atoms with Gasteiger partial charge in [0, 0.05) is 6.54 Å². The Bertz CT molecular complexity index is 520. The number of benzene rings is 1. The Morgan fingerprint density at radius 3 is 2.21 bits per heavy atom. The molecule has 0 aromatic heterocycles. The molecule has 1 atom stereocenters. The van der Waals surface area contributed by atoms with Crippen LogP contribution in [0.1, 0.15) is 44.7 Å².